The average molecular weight is 243 g/mol. The zero-order valence-electron chi connectivity index (χ0n) is 8.41. The van der Waals surface area contributed by atoms with Gasteiger partial charge >= 0.3 is 6.09 Å². The molecule has 0 atom stereocenters. The maximum absolute atomic E-state index is 11.2. The first-order valence-corrected chi connectivity index (χ1v) is 6.30. The molecule has 0 fully saturated rings. The van der Waals surface area contributed by atoms with Crippen molar-refractivity contribution in [2.24, 2.45) is 0 Å². The van der Waals surface area contributed by atoms with Gasteiger partial charge in [0, 0.05) is 18.0 Å². The highest BCUT2D eigenvalue weighted by Crippen LogP contribution is 2.20. The van der Waals surface area contributed by atoms with Crippen molar-refractivity contribution < 1.29 is 18.3 Å². The van der Waals surface area contributed by atoms with Crippen molar-refractivity contribution in [2.75, 3.05) is 6.26 Å². The quantitative estimate of drug-likeness (QED) is 0.690. The summed E-state index contributed by atoms with van der Waals surface area (Å²) < 4.78 is 22.4. The number of hydrogen-bond donors (Lipinski definition) is 1. The molecule has 0 spiro atoms. The number of aromatic nitrogens is 2. The van der Waals surface area contributed by atoms with E-state index >= 15 is 0 Å². The molecule has 1 aliphatic rings. The smallest absolute Gasteiger partial charge is 0.407 e. The van der Waals surface area contributed by atoms with E-state index in [1.54, 1.807) is 0 Å². The minimum absolute atomic E-state index is 0.107. The van der Waals surface area contributed by atoms with Gasteiger partial charge in [0.25, 0.3) is 0 Å². The molecule has 0 unspecified atom stereocenters. The zero-order valence-corrected chi connectivity index (χ0v) is 9.23. The minimum Gasteiger partial charge on any atom is -0.465 e. The largest absolute Gasteiger partial charge is 0.465 e. The van der Waals surface area contributed by atoms with Crippen LogP contribution in [-0.2, 0) is 22.9 Å². The fourth-order valence-electron chi connectivity index (χ4n) is 1.45. The van der Waals surface area contributed by atoms with Crippen LogP contribution in [0.5, 0.6) is 0 Å². The number of rotatable bonds is 1. The van der Waals surface area contributed by atoms with Gasteiger partial charge in [-0.1, -0.05) is 0 Å². The van der Waals surface area contributed by atoms with E-state index in [9.17, 15) is 13.2 Å². The van der Waals surface area contributed by atoms with E-state index in [0.29, 0.717) is 11.3 Å². The van der Waals surface area contributed by atoms with E-state index in [2.05, 4.69) is 9.97 Å². The monoisotopic (exact) mass is 243 g/mol. The van der Waals surface area contributed by atoms with Gasteiger partial charge < -0.3 is 5.11 Å². The third-order valence-corrected chi connectivity index (χ3v) is 3.10. The summed E-state index contributed by atoms with van der Waals surface area (Å²) >= 11 is 0. The van der Waals surface area contributed by atoms with Crippen LogP contribution in [0.1, 0.15) is 11.3 Å². The van der Waals surface area contributed by atoms with Crippen LogP contribution in [0.4, 0.5) is 4.79 Å². The summed E-state index contributed by atoms with van der Waals surface area (Å²) in [7, 11) is -3.45. The van der Waals surface area contributed by atoms with Crippen molar-refractivity contribution >= 4 is 15.9 Å². The van der Waals surface area contributed by atoms with Crippen LogP contribution in [-0.4, -0.2) is 40.7 Å². The molecule has 0 aromatic carbocycles. The molecule has 0 saturated heterocycles. The number of hydrogen-bond acceptors (Lipinski definition) is 5. The van der Waals surface area contributed by atoms with Crippen LogP contribution in [0.15, 0.2) is 11.4 Å². The van der Waals surface area contributed by atoms with Crippen molar-refractivity contribution in [2.45, 2.75) is 18.2 Å². The molecule has 2 rings (SSSR count). The Balaban J connectivity index is 2.39. The molecule has 1 N–H and O–H groups in total. The summed E-state index contributed by atoms with van der Waals surface area (Å²) in [6.45, 7) is 0.310. The summed E-state index contributed by atoms with van der Waals surface area (Å²) in [5.74, 6) is 0. The molecular weight excluding hydrogens is 234 g/mol. The maximum Gasteiger partial charge on any atom is 0.407 e. The number of fused-ring (bicyclic) bond motifs is 1. The first-order valence-electron chi connectivity index (χ1n) is 4.40. The molecule has 16 heavy (non-hydrogen) atoms. The van der Waals surface area contributed by atoms with E-state index in [1.807, 2.05) is 0 Å². The fourth-order valence-corrected chi connectivity index (χ4v) is 1.97. The Labute approximate surface area is 91.7 Å². The van der Waals surface area contributed by atoms with Gasteiger partial charge in [-0.05, 0) is 0 Å². The van der Waals surface area contributed by atoms with E-state index in [4.69, 9.17) is 5.11 Å². The number of carbonyl (C=O) groups is 1. The molecule has 1 aliphatic heterocycles. The third-order valence-electron chi connectivity index (χ3n) is 2.24. The molecule has 1 amide bonds. The first kappa shape index (κ1) is 10.8. The second kappa shape index (κ2) is 3.41. The van der Waals surface area contributed by atoms with Gasteiger partial charge in [-0.15, -0.1) is 0 Å². The minimum atomic E-state index is -3.45. The third kappa shape index (κ3) is 1.83. The Morgan fingerprint density at radius 3 is 2.75 bits per heavy atom. The van der Waals surface area contributed by atoms with Gasteiger partial charge in [0.1, 0.15) is 0 Å². The van der Waals surface area contributed by atoms with Crippen LogP contribution < -0.4 is 0 Å². The van der Waals surface area contributed by atoms with E-state index < -0.39 is 15.9 Å². The highest BCUT2D eigenvalue weighted by atomic mass is 32.2. The lowest BCUT2D eigenvalue weighted by Crippen LogP contribution is -2.22. The molecule has 0 bridgehead atoms. The van der Waals surface area contributed by atoms with Crippen LogP contribution in [0.25, 0.3) is 0 Å². The summed E-state index contributed by atoms with van der Waals surface area (Å²) in [6.07, 6.45) is 1.32. The van der Waals surface area contributed by atoms with Gasteiger partial charge in [0.2, 0.25) is 15.0 Å². The normalized spacial score (nSPS) is 14.9. The highest BCUT2D eigenvalue weighted by Gasteiger charge is 2.26. The zero-order chi connectivity index (χ0) is 11.9. The maximum atomic E-state index is 11.2. The standard InChI is InChI=1S/C8H9N3O4S/c1-16(14,15)7-9-2-5-3-11(8(12)13)4-6(5)10-7/h2H,3-4H2,1H3,(H,12,13). The molecule has 7 nitrogen and oxygen atoms in total. The van der Waals surface area contributed by atoms with Gasteiger partial charge in [0.15, 0.2) is 0 Å². The van der Waals surface area contributed by atoms with Crippen molar-refractivity contribution in [1.29, 1.82) is 0 Å². The summed E-state index contributed by atoms with van der Waals surface area (Å²) in [5, 5.41) is 8.51. The van der Waals surface area contributed by atoms with Crippen LogP contribution >= 0.6 is 0 Å². The van der Waals surface area contributed by atoms with Crippen molar-refractivity contribution in [1.82, 2.24) is 14.9 Å². The second-order valence-corrected chi connectivity index (χ2v) is 5.44. The topological polar surface area (TPSA) is 100 Å². The average Bonchev–Trinajstić information content (AvgIpc) is 2.58. The van der Waals surface area contributed by atoms with Crippen LogP contribution in [0.3, 0.4) is 0 Å². The Morgan fingerprint density at radius 1 is 1.50 bits per heavy atom. The molecule has 1 aromatic rings. The van der Waals surface area contributed by atoms with E-state index in [1.165, 1.54) is 6.20 Å². The summed E-state index contributed by atoms with van der Waals surface area (Å²) in [4.78, 5) is 19.4. The number of sulfone groups is 1. The molecule has 1 aromatic heterocycles. The van der Waals surface area contributed by atoms with E-state index in [0.717, 1.165) is 11.2 Å². The predicted octanol–water partition coefficient (Wildman–Crippen LogP) is -0.126. The van der Waals surface area contributed by atoms with Gasteiger partial charge in [-0.3, -0.25) is 4.90 Å². The SMILES string of the molecule is CS(=O)(=O)c1ncc2c(n1)CN(C(=O)O)C2. The van der Waals surface area contributed by atoms with Crippen molar-refractivity contribution in [3.05, 3.63) is 17.5 Å². The van der Waals surface area contributed by atoms with Gasteiger partial charge in [-0.2, -0.15) is 0 Å². The first-order chi connectivity index (χ1) is 7.38. The Kier molecular flexibility index (Phi) is 2.30. The lowest BCUT2D eigenvalue weighted by atomic mass is 10.3. The summed E-state index contributed by atoms with van der Waals surface area (Å²) in [5.41, 5.74) is 1.10. The van der Waals surface area contributed by atoms with Crippen molar-refractivity contribution in [3.8, 4) is 0 Å². The predicted molar refractivity (Wildman–Crippen MR) is 52.4 cm³/mol. The molecule has 86 valence electrons. The Hall–Kier alpha value is -1.70. The van der Waals surface area contributed by atoms with E-state index in [-0.39, 0.29) is 18.2 Å². The molecule has 0 radical (unpaired) electrons. The lowest BCUT2D eigenvalue weighted by molar-refractivity contribution is 0.145. The lowest BCUT2D eigenvalue weighted by Gasteiger charge is -2.07. The van der Waals surface area contributed by atoms with Crippen LogP contribution in [0, 0.1) is 0 Å². The second-order valence-electron chi connectivity index (χ2n) is 3.54. The Bertz CT molecular complexity index is 554. The highest BCUT2D eigenvalue weighted by molar-refractivity contribution is 7.90. The van der Waals surface area contributed by atoms with Crippen LogP contribution in [0.2, 0.25) is 0 Å². The van der Waals surface area contributed by atoms with Gasteiger partial charge in [0.05, 0.1) is 18.8 Å². The Morgan fingerprint density at radius 2 is 2.19 bits per heavy atom. The molecular formula is C8H9N3O4S. The molecule has 8 heteroatoms. The van der Waals surface area contributed by atoms with Gasteiger partial charge in [-0.25, -0.2) is 23.2 Å². The summed E-state index contributed by atoms with van der Waals surface area (Å²) in [6, 6.07) is 0. The molecule has 2 heterocycles. The van der Waals surface area contributed by atoms with Crippen molar-refractivity contribution in [3.63, 3.8) is 0 Å². The fraction of sp³-hybridized carbons (Fsp3) is 0.375. The number of nitrogens with zero attached hydrogens (tertiary/aromatic N) is 3. The number of amides is 1. The number of carboxylic acid groups (broad SMARTS) is 1. The molecule has 0 saturated carbocycles. The molecule has 0 aliphatic carbocycles.